The minimum Gasteiger partial charge on any atom is -0.486 e. The summed E-state index contributed by atoms with van der Waals surface area (Å²) in [4.78, 5) is 27.4. The Balaban J connectivity index is 1.64. The molecule has 0 saturated carbocycles. The molecule has 0 fully saturated rings. The van der Waals surface area contributed by atoms with Crippen LogP contribution in [0.25, 0.3) is 0 Å². The molecule has 31 heavy (non-hydrogen) atoms. The molecule has 0 radical (unpaired) electrons. The first-order valence-corrected chi connectivity index (χ1v) is 11.1. The van der Waals surface area contributed by atoms with Crippen molar-refractivity contribution in [2.75, 3.05) is 26.3 Å². The van der Waals surface area contributed by atoms with Crippen LogP contribution in [0, 0.1) is 0 Å². The molecular weight excluding hydrogens is 392 g/mol. The third kappa shape index (κ3) is 6.48. The fraction of sp³-hybridized carbons (Fsp3) is 0.440. The van der Waals surface area contributed by atoms with Crippen LogP contribution in [0.5, 0.6) is 11.5 Å². The lowest BCUT2D eigenvalue weighted by molar-refractivity contribution is -0.139. The number of carbonyl (C=O) groups is 2. The summed E-state index contributed by atoms with van der Waals surface area (Å²) in [5.41, 5.74) is 2.16. The molecule has 3 rings (SSSR count). The molecule has 6 heteroatoms. The Bertz CT molecular complexity index is 869. The van der Waals surface area contributed by atoms with E-state index >= 15 is 0 Å². The summed E-state index contributed by atoms with van der Waals surface area (Å²) in [6.07, 6.45) is 2.49. The van der Waals surface area contributed by atoms with Gasteiger partial charge in [-0.3, -0.25) is 9.59 Å². The number of benzene rings is 2. The van der Waals surface area contributed by atoms with Gasteiger partial charge in [0.1, 0.15) is 19.3 Å². The quantitative estimate of drug-likeness (QED) is 0.635. The fourth-order valence-corrected chi connectivity index (χ4v) is 3.60. The molecule has 2 aromatic carbocycles. The van der Waals surface area contributed by atoms with E-state index in [-0.39, 0.29) is 11.8 Å². The van der Waals surface area contributed by atoms with Gasteiger partial charge < -0.3 is 19.7 Å². The number of ether oxygens (including phenoxy) is 2. The average Bonchev–Trinajstić information content (AvgIpc) is 2.81. The molecule has 0 aromatic heterocycles. The topological polar surface area (TPSA) is 67.9 Å². The predicted octanol–water partition coefficient (Wildman–Crippen LogP) is 3.38. The number of nitrogens with one attached hydrogen (secondary N) is 1. The van der Waals surface area contributed by atoms with Crippen molar-refractivity contribution in [3.8, 4) is 11.5 Å². The third-order valence-electron chi connectivity index (χ3n) is 5.43. The lowest BCUT2D eigenvalue weighted by Gasteiger charge is -2.29. The van der Waals surface area contributed by atoms with E-state index in [1.807, 2.05) is 55.5 Å². The zero-order valence-corrected chi connectivity index (χ0v) is 18.4. The number of aryl methyl sites for hydroxylation is 1. The van der Waals surface area contributed by atoms with Crippen LogP contribution >= 0.6 is 0 Å². The third-order valence-corrected chi connectivity index (χ3v) is 5.43. The van der Waals surface area contributed by atoms with Crippen LogP contribution < -0.4 is 14.8 Å². The second kappa shape index (κ2) is 11.4. The molecule has 0 spiro atoms. The molecule has 1 N–H and O–H groups in total. The molecule has 1 atom stereocenters. The maximum Gasteiger partial charge on any atom is 0.242 e. The zero-order chi connectivity index (χ0) is 22.1. The normalized spacial score (nSPS) is 13.4. The molecule has 2 amide bonds. The molecule has 1 aliphatic rings. The van der Waals surface area contributed by atoms with Crippen LogP contribution in [0.4, 0.5) is 0 Å². The molecule has 2 aromatic rings. The Labute approximate surface area is 184 Å². The predicted molar refractivity (Wildman–Crippen MR) is 120 cm³/mol. The Morgan fingerprint density at radius 1 is 1.00 bits per heavy atom. The van der Waals surface area contributed by atoms with Crippen LogP contribution in [0.15, 0.2) is 48.5 Å². The highest BCUT2D eigenvalue weighted by atomic mass is 16.6. The van der Waals surface area contributed by atoms with Gasteiger partial charge >= 0.3 is 0 Å². The molecule has 0 saturated heterocycles. The van der Waals surface area contributed by atoms with Gasteiger partial charge in [0.2, 0.25) is 11.8 Å². The molecular formula is C25H32N2O4. The van der Waals surface area contributed by atoms with Crippen molar-refractivity contribution in [2.45, 2.75) is 45.6 Å². The van der Waals surface area contributed by atoms with E-state index in [4.69, 9.17) is 9.47 Å². The average molecular weight is 425 g/mol. The number of hydrogen-bond donors (Lipinski definition) is 1. The summed E-state index contributed by atoms with van der Waals surface area (Å²) in [6.45, 7) is 6.02. The molecule has 166 valence electrons. The highest BCUT2D eigenvalue weighted by Crippen LogP contribution is 2.31. The largest absolute Gasteiger partial charge is 0.486 e. The fourth-order valence-electron chi connectivity index (χ4n) is 3.60. The zero-order valence-electron chi connectivity index (χ0n) is 18.4. The highest BCUT2D eigenvalue weighted by molar-refractivity contribution is 5.87. The Morgan fingerprint density at radius 2 is 1.74 bits per heavy atom. The lowest BCUT2D eigenvalue weighted by Crippen LogP contribution is -2.49. The maximum absolute atomic E-state index is 13.1. The second-order valence-electron chi connectivity index (χ2n) is 7.77. The van der Waals surface area contributed by atoms with Gasteiger partial charge in [0.25, 0.3) is 0 Å². The molecule has 1 heterocycles. The number of hydrogen-bond acceptors (Lipinski definition) is 4. The van der Waals surface area contributed by atoms with E-state index < -0.39 is 6.04 Å². The first kappa shape index (κ1) is 22.7. The van der Waals surface area contributed by atoms with Gasteiger partial charge in [-0.1, -0.05) is 43.3 Å². The number of amides is 2. The maximum atomic E-state index is 13.1. The summed E-state index contributed by atoms with van der Waals surface area (Å²) in [5.74, 6) is 1.34. The molecule has 1 unspecified atom stereocenters. The number of carbonyl (C=O) groups excluding carboxylic acids is 2. The van der Waals surface area contributed by atoms with Crippen molar-refractivity contribution >= 4 is 11.8 Å². The first-order chi connectivity index (χ1) is 15.1. The second-order valence-corrected chi connectivity index (χ2v) is 7.77. The SMILES string of the molecule is CCCNC(=O)C(C)N(CCc1ccccc1)C(=O)CCc1ccc2c(c1)OCCO2. The number of nitrogens with zero attached hydrogens (tertiary/aromatic N) is 1. The van der Waals surface area contributed by atoms with Crippen molar-refractivity contribution in [2.24, 2.45) is 0 Å². The smallest absolute Gasteiger partial charge is 0.242 e. The van der Waals surface area contributed by atoms with Crippen molar-refractivity contribution in [3.05, 3.63) is 59.7 Å². The summed E-state index contributed by atoms with van der Waals surface area (Å²) in [5, 5.41) is 2.91. The van der Waals surface area contributed by atoms with Gasteiger partial charge in [-0.25, -0.2) is 0 Å². The van der Waals surface area contributed by atoms with Gasteiger partial charge in [-0.2, -0.15) is 0 Å². The Hall–Kier alpha value is -3.02. The van der Waals surface area contributed by atoms with Crippen molar-refractivity contribution in [3.63, 3.8) is 0 Å². The lowest BCUT2D eigenvalue weighted by atomic mass is 10.1. The summed E-state index contributed by atoms with van der Waals surface area (Å²) < 4.78 is 11.2. The van der Waals surface area contributed by atoms with E-state index in [2.05, 4.69) is 5.32 Å². The van der Waals surface area contributed by atoms with Gasteiger partial charge in [0.15, 0.2) is 11.5 Å². The van der Waals surface area contributed by atoms with Gasteiger partial charge in [0.05, 0.1) is 0 Å². The van der Waals surface area contributed by atoms with Crippen LogP contribution in [0.1, 0.15) is 37.8 Å². The molecule has 0 bridgehead atoms. The monoisotopic (exact) mass is 424 g/mol. The molecule has 1 aliphatic heterocycles. The van der Waals surface area contributed by atoms with Crippen LogP contribution in [0.3, 0.4) is 0 Å². The van der Waals surface area contributed by atoms with Crippen LogP contribution in [0.2, 0.25) is 0 Å². The summed E-state index contributed by atoms with van der Waals surface area (Å²) >= 11 is 0. The Kier molecular flexibility index (Phi) is 8.33. The standard InChI is InChI=1S/C25H32N2O4/c1-3-14-26-25(29)19(2)27(15-13-20-7-5-4-6-8-20)24(28)12-10-21-9-11-22-23(18-21)31-17-16-30-22/h4-9,11,18-19H,3,10,12-17H2,1-2H3,(H,26,29). The van der Waals surface area contributed by atoms with Crippen LogP contribution in [-0.2, 0) is 22.4 Å². The molecule has 6 nitrogen and oxygen atoms in total. The number of rotatable bonds is 10. The van der Waals surface area contributed by atoms with Gasteiger partial charge in [-0.05, 0) is 49.4 Å². The van der Waals surface area contributed by atoms with E-state index in [1.54, 1.807) is 11.8 Å². The van der Waals surface area contributed by atoms with Crippen molar-refractivity contribution in [1.29, 1.82) is 0 Å². The van der Waals surface area contributed by atoms with E-state index in [9.17, 15) is 9.59 Å². The van der Waals surface area contributed by atoms with E-state index in [1.165, 1.54) is 0 Å². The first-order valence-electron chi connectivity index (χ1n) is 11.1. The summed E-state index contributed by atoms with van der Waals surface area (Å²) in [7, 11) is 0. The van der Waals surface area contributed by atoms with Gasteiger partial charge in [-0.15, -0.1) is 0 Å². The van der Waals surface area contributed by atoms with Crippen molar-refractivity contribution < 1.29 is 19.1 Å². The highest BCUT2D eigenvalue weighted by Gasteiger charge is 2.25. The Morgan fingerprint density at radius 3 is 2.48 bits per heavy atom. The minimum atomic E-state index is -0.511. The minimum absolute atomic E-state index is 0.0232. The number of fused-ring (bicyclic) bond motifs is 1. The summed E-state index contributed by atoms with van der Waals surface area (Å²) in [6, 6.07) is 15.3. The van der Waals surface area contributed by atoms with E-state index in [0.717, 1.165) is 29.0 Å². The van der Waals surface area contributed by atoms with Gasteiger partial charge in [0, 0.05) is 19.5 Å². The molecule has 0 aliphatic carbocycles. The van der Waals surface area contributed by atoms with E-state index in [0.29, 0.717) is 45.6 Å². The van der Waals surface area contributed by atoms with Crippen molar-refractivity contribution in [1.82, 2.24) is 10.2 Å². The van der Waals surface area contributed by atoms with Crippen LogP contribution in [-0.4, -0.2) is 49.1 Å².